The molecule has 84 valence electrons. The number of benzene rings is 1. The topological polar surface area (TPSA) is 29.9 Å². The van der Waals surface area contributed by atoms with Gasteiger partial charge in [-0.25, -0.2) is 0 Å². The molecule has 0 aliphatic carbocycles. The fraction of sp³-hybridized carbons (Fsp3) is 0.462. The molecular weight excluding hydrogens is 198 g/mol. The van der Waals surface area contributed by atoms with E-state index in [0.717, 1.165) is 18.8 Å². The van der Waals surface area contributed by atoms with Crippen LogP contribution in [0, 0.1) is 13.8 Å². The number of aryl methyl sites for hydroxylation is 2. The van der Waals surface area contributed by atoms with Crippen LogP contribution in [0.4, 0.5) is 0 Å². The third-order valence-electron chi connectivity index (χ3n) is 3.50. The summed E-state index contributed by atoms with van der Waals surface area (Å²) >= 11 is 0. The van der Waals surface area contributed by atoms with Gasteiger partial charge in [-0.1, -0.05) is 12.1 Å². The Bertz CT molecular complexity index is 521. The Morgan fingerprint density at radius 3 is 3.00 bits per heavy atom. The van der Waals surface area contributed by atoms with E-state index in [0.29, 0.717) is 6.04 Å². The number of fused-ring (bicyclic) bond motifs is 1. The van der Waals surface area contributed by atoms with Crippen molar-refractivity contribution >= 4 is 10.9 Å². The lowest BCUT2D eigenvalue weighted by atomic mass is 10.1. The molecule has 1 aliphatic heterocycles. The minimum absolute atomic E-state index is 0.526. The monoisotopic (exact) mass is 215 g/mol. The van der Waals surface area contributed by atoms with Crippen molar-refractivity contribution < 1.29 is 0 Å². The summed E-state index contributed by atoms with van der Waals surface area (Å²) in [6, 6.07) is 6.99. The molecule has 1 aliphatic rings. The number of nitrogens with one attached hydrogen (secondary N) is 1. The van der Waals surface area contributed by atoms with Gasteiger partial charge in [0.05, 0.1) is 17.3 Å². The average Bonchev–Trinajstić information content (AvgIpc) is 2.86. The molecule has 1 unspecified atom stereocenters. The number of nitrogens with zero attached hydrogens (tertiary/aromatic N) is 2. The SMILES string of the molecule is Cc1cccc2c1c(C)nn2C1CCNC1. The number of hydrogen-bond donors (Lipinski definition) is 1. The van der Waals surface area contributed by atoms with Crippen LogP contribution in [0.15, 0.2) is 18.2 Å². The first-order valence-electron chi connectivity index (χ1n) is 5.92. The zero-order chi connectivity index (χ0) is 11.1. The maximum atomic E-state index is 4.71. The first-order chi connectivity index (χ1) is 7.77. The third-order valence-corrected chi connectivity index (χ3v) is 3.50. The zero-order valence-corrected chi connectivity index (χ0v) is 9.83. The smallest absolute Gasteiger partial charge is 0.0691 e. The van der Waals surface area contributed by atoms with E-state index in [1.165, 1.54) is 22.9 Å². The first-order valence-corrected chi connectivity index (χ1v) is 5.92. The Kier molecular flexibility index (Phi) is 2.21. The van der Waals surface area contributed by atoms with Crippen molar-refractivity contribution in [2.75, 3.05) is 13.1 Å². The Morgan fingerprint density at radius 2 is 2.25 bits per heavy atom. The van der Waals surface area contributed by atoms with Gasteiger partial charge in [-0.05, 0) is 38.4 Å². The number of hydrogen-bond acceptors (Lipinski definition) is 2. The Balaban J connectivity index is 2.22. The van der Waals surface area contributed by atoms with Gasteiger partial charge in [0.1, 0.15) is 0 Å². The lowest BCUT2D eigenvalue weighted by Gasteiger charge is -2.10. The second-order valence-corrected chi connectivity index (χ2v) is 4.65. The van der Waals surface area contributed by atoms with E-state index < -0.39 is 0 Å². The lowest BCUT2D eigenvalue weighted by molar-refractivity contribution is 0.503. The predicted octanol–water partition coefficient (Wildman–Crippen LogP) is 2.19. The molecule has 1 saturated heterocycles. The van der Waals surface area contributed by atoms with Crippen molar-refractivity contribution in [1.82, 2.24) is 15.1 Å². The van der Waals surface area contributed by atoms with E-state index in [9.17, 15) is 0 Å². The quantitative estimate of drug-likeness (QED) is 0.790. The highest BCUT2D eigenvalue weighted by Gasteiger charge is 2.20. The molecule has 1 atom stereocenters. The van der Waals surface area contributed by atoms with Gasteiger partial charge in [0.2, 0.25) is 0 Å². The molecule has 3 rings (SSSR count). The molecule has 1 aromatic carbocycles. The van der Waals surface area contributed by atoms with Crippen molar-refractivity contribution in [3.8, 4) is 0 Å². The summed E-state index contributed by atoms with van der Waals surface area (Å²) in [4.78, 5) is 0. The van der Waals surface area contributed by atoms with Gasteiger partial charge in [-0.3, -0.25) is 4.68 Å². The molecular formula is C13H17N3. The Labute approximate surface area is 95.5 Å². The van der Waals surface area contributed by atoms with Crippen molar-refractivity contribution in [3.05, 3.63) is 29.5 Å². The molecule has 3 nitrogen and oxygen atoms in total. The van der Waals surface area contributed by atoms with Crippen LogP contribution in [0.5, 0.6) is 0 Å². The highest BCUT2D eigenvalue weighted by atomic mass is 15.3. The van der Waals surface area contributed by atoms with E-state index in [4.69, 9.17) is 5.10 Å². The molecule has 1 fully saturated rings. The van der Waals surface area contributed by atoms with Crippen LogP contribution >= 0.6 is 0 Å². The molecule has 2 aromatic rings. The standard InChI is InChI=1S/C13H17N3/c1-9-4-3-5-12-13(9)10(2)15-16(12)11-6-7-14-8-11/h3-5,11,14H,6-8H2,1-2H3. The van der Waals surface area contributed by atoms with E-state index in [1.807, 2.05) is 0 Å². The molecule has 0 radical (unpaired) electrons. The summed E-state index contributed by atoms with van der Waals surface area (Å²) in [6.07, 6.45) is 1.18. The van der Waals surface area contributed by atoms with Gasteiger partial charge in [0, 0.05) is 11.9 Å². The van der Waals surface area contributed by atoms with Crippen LogP contribution in [0.25, 0.3) is 10.9 Å². The van der Waals surface area contributed by atoms with E-state index >= 15 is 0 Å². The summed E-state index contributed by atoms with van der Waals surface area (Å²) in [5.41, 5.74) is 3.76. The predicted molar refractivity (Wildman–Crippen MR) is 65.7 cm³/mol. The van der Waals surface area contributed by atoms with Gasteiger partial charge in [0.25, 0.3) is 0 Å². The second-order valence-electron chi connectivity index (χ2n) is 4.65. The molecule has 1 N–H and O–H groups in total. The van der Waals surface area contributed by atoms with Gasteiger partial charge in [-0.15, -0.1) is 0 Å². The van der Waals surface area contributed by atoms with Crippen LogP contribution in [0.1, 0.15) is 23.7 Å². The van der Waals surface area contributed by atoms with Gasteiger partial charge in [0.15, 0.2) is 0 Å². The largest absolute Gasteiger partial charge is 0.315 e. The molecule has 0 spiro atoms. The molecule has 3 heteroatoms. The third kappa shape index (κ3) is 1.35. The Hall–Kier alpha value is -1.35. The van der Waals surface area contributed by atoms with Crippen molar-refractivity contribution in [3.63, 3.8) is 0 Å². The summed E-state index contributed by atoms with van der Waals surface area (Å²) in [6.45, 7) is 6.42. The number of rotatable bonds is 1. The fourth-order valence-electron chi connectivity index (χ4n) is 2.71. The van der Waals surface area contributed by atoms with Gasteiger partial charge in [-0.2, -0.15) is 5.10 Å². The maximum Gasteiger partial charge on any atom is 0.0691 e. The van der Waals surface area contributed by atoms with Crippen molar-refractivity contribution in [2.24, 2.45) is 0 Å². The molecule has 16 heavy (non-hydrogen) atoms. The second kappa shape index (κ2) is 3.59. The normalized spacial score (nSPS) is 20.8. The fourth-order valence-corrected chi connectivity index (χ4v) is 2.71. The zero-order valence-electron chi connectivity index (χ0n) is 9.83. The molecule has 1 aromatic heterocycles. The maximum absolute atomic E-state index is 4.71. The summed E-state index contributed by atoms with van der Waals surface area (Å²) in [5.74, 6) is 0. The first kappa shape index (κ1) is 9.85. The van der Waals surface area contributed by atoms with Crippen molar-refractivity contribution in [2.45, 2.75) is 26.3 Å². The molecule has 0 saturated carbocycles. The highest BCUT2D eigenvalue weighted by molar-refractivity contribution is 5.85. The van der Waals surface area contributed by atoms with E-state index in [1.54, 1.807) is 0 Å². The number of aromatic nitrogens is 2. The summed E-state index contributed by atoms with van der Waals surface area (Å²) < 4.78 is 2.21. The van der Waals surface area contributed by atoms with Crippen LogP contribution in [0.3, 0.4) is 0 Å². The lowest BCUT2D eigenvalue weighted by Crippen LogP contribution is -2.14. The van der Waals surface area contributed by atoms with Crippen LogP contribution in [-0.4, -0.2) is 22.9 Å². The van der Waals surface area contributed by atoms with Crippen LogP contribution in [-0.2, 0) is 0 Å². The highest BCUT2D eigenvalue weighted by Crippen LogP contribution is 2.26. The molecule has 0 amide bonds. The Morgan fingerprint density at radius 1 is 1.38 bits per heavy atom. The minimum atomic E-state index is 0.526. The minimum Gasteiger partial charge on any atom is -0.315 e. The van der Waals surface area contributed by atoms with Crippen molar-refractivity contribution in [1.29, 1.82) is 0 Å². The average molecular weight is 215 g/mol. The van der Waals surface area contributed by atoms with Crippen LogP contribution < -0.4 is 5.32 Å². The van der Waals surface area contributed by atoms with E-state index in [-0.39, 0.29) is 0 Å². The summed E-state index contributed by atoms with van der Waals surface area (Å²) in [7, 11) is 0. The van der Waals surface area contributed by atoms with Crippen LogP contribution in [0.2, 0.25) is 0 Å². The molecule has 2 heterocycles. The summed E-state index contributed by atoms with van der Waals surface area (Å²) in [5, 5.41) is 9.44. The van der Waals surface area contributed by atoms with Gasteiger partial charge < -0.3 is 5.32 Å². The van der Waals surface area contributed by atoms with Gasteiger partial charge >= 0.3 is 0 Å². The van der Waals surface area contributed by atoms with E-state index in [2.05, 4.69) is 42.0 Å². The molecule has 0 bridgehead atoms.